The highest BCUT2D eigenvalue weighted by molar-refractivity contribution is 6.85. The first-order chi connectivity index (χ1) is 5.83. The van der Waals surface area contributed by atoms with Gasteiger partial charge in [0, 0.05) is 0 Å². The van der Waals surface area contributed by atoms with E-state index in [0.29, 0.717) is 0 Å². The summed E-state index contributed by atoms with van der Waals surface area (Å²) in [5, 5.41) is 0. The van der Waals surface area contributed by atoms with Crippen LogP contribution in [0.25, 0.3) is 0 Å². The van der Waals surface area contributed by atoms with Crippen LogP contribution in [0.2, 0.25) is 38.3 Å². The van der Waals surface area contributed by atoms with Gasteiger partial charge in [-0.05, 0) is 38.3 Å². The zero-order chi connectivity index (χ0) is 10.5. The van der Waals surface area contributed by atoms with E-state index in [1.165, 1.54) is 12.5 Å². The lowest BCUT2D eigenvalue weighted by atomic mass is 10.6. The molecule has 0 radical (unpaired) electrons. The smallest absolute Gasteiger partial charge is 0.177 e. The monoisotopic (exact) mass is 216 g/mol. The summed E-state index contributed by atoms with van der Waals surface area (Å²) in [7, 11) is -2.79. The second kappa shape index (κ2) is 5.12. The van der Waals surface area contributed by atoms with Crippen molar-refractivity contribution in [3.05, 3.63) is 12.7 Å². The molecule has 0 saturated heterocycles. The number of allylic oxidation sites excluding steroid dienone is 1. The van der Waals surface area contributed by atoms with Crippen LogP contribution < -0.4 is 0 Å². The van der Waals surface area contributed by atoms with E-state index >= 15 is 0 Å². The maximum absolute atomic E-state index is 6.31. The van der Waals surface area contributed by atoms with Gasteiger partial charge in [-0.3, -0.25) is 0 Å². The molecule has 0 unspecified atom stereocenters. The maximum Gasteiger partial charge on any atom is 0.177 e. The van der Waals surface area contributed by atoms with Crippen molar-refractivity contribution in [1.82, 2.24) is 0 Å². The van der Waals surface area contributed by atoms with Gasteiger partial charge in [0.25, 0.3) is 0 Å². The van der Waals surface area contributed by atoms with Gasteiger partial charge in [0.2, 0.25) is 0 Å². The van der Waals surface area contributed by atoms with E-state index in [1.807, 2.05) is 6.08 Å². The molecule has 13 heavy (non-hydrogen) atoms. The van der Waals surface area contributed by atoms with Crippen LogP contribution >= 0.6 is 0 Å². The number of hydrogen-bond acceptors (Lipinski definition) is 1. The molecule has 0 bridgehead atoms. The Hall–Kier alpha value is 0.134. The average Bonchev–Trinajstić information content (AvgIpc) is 1.82. The van der Waals surface area contributed by atoms with Crippen LogP contribution in [0.3, 0.4) is 0 Å². The molecule has 3 heteroatoms. The first kappa shape index (κ1) is 13.1. The average molecular weight is 216 g/mol. The van der Waals surface area contributed by atoms with Gasteiger partial charge in [0.15, 0.2) is 16.6 Å². The Kier molecular flexibility index (Phi) is 5.18. The molecule has 0 aromatic carbocycles. The third kappa shape index (κ3) is 6.24. The molecule has 0 saturated carbocycles. The predicted octanol–water partition coefficient (Wildman–Crippen LogP) is 4.01. The molecule has 78 valence electrons. The van der Waals surface area contributed by atoms with Gasteiger partial charge < -0.3 is 4.12 Å². The van der Waals surface area contributed by atoms with Crippen LogP contribution in [-0.2, 0) is 4.12 Å². The molecule has 0 aliphatic heterocycles. The molecule has 1 nitrogen and oxygen atoms in total. The molecule has 0 spiro atoms. The highest BCUT2D eigenvalue weighted by atomic mass is 28.4. The molecule has 0 aliphatic rings. The standard InChI is InChI=1S/C10H24OSi2/c1-7-9-12(3,4)11-13(5,6)10-8-2/h7H,1,8-10H2,2-6H3. The Bertz CT molecular complexity index is 164. The molecule has 0 heterocycles. The van der Waals surface area contributed by atoms with Crippen molar-refractivity contribution in [2.75, 3.05) is 0 Å². The molecule has 0 fully saturated rings. The fourth-order valence-electron chi connectivity index (χ4n) is 1.79. The van der Waals surface area contributed by atoms with Crippen molar-refractivity contribution < 1.29 is 4.12 Å². The fraction of sp³-hybridized carbons (Fsp3) is 0.800. The van der Waals surface area contributed by atoms with Crippen LogP contribution in [0.15, 0.2) is 12.7 Å². The Morgan fingerprint density at radius 1 is 1.15 bits per heavy atom. The van der Waals surface area contributed by atoms with Crippen molar-refractivity contribution in [3.8, 4) is 0 Å². The summed E-state index contributed by atoms with van der Waals surface area (Å²) in [6, 6.07) is 2.35. The number of hydrogen-bond donors (Lipinski definition) is 0. The molecule has 0 N–H and O–H groups in total. The normalized spacial score (nSPS) is 13.0. The largest absolute Gasteiger partial charge is 0.455 e. The summed E-state index contributed by atoms with van der Waals surface area (Å²) in [6.45, 7) is 15.3. The molecule has 0 aromatic rings. The van der Waals surface area contributed by atoms with Gasteiger partial charge in [-0.2, -0.15) is 0 Å². The zero-order valence-corrected chi connectivity index (χ0v) is 11.8. The Morgan fingerprint density at radius 3 is 2.08 bits per heavy atom. The zero-order valence-electron chi connectivity index (χ0n) is 9.81. The van der Waals surface area contributed by atoms with Gasteiger partial charge in [-0.15, -0.1) is 6.58 Å². The predicted molar refractivity (Wildman–Crippen MR) is 66.2 cm³/mol. The third-order valence-corrected chi connectivity index (χ3v) is 9.44. The van der Waals surface area contributed by atoms with Crippen LogP contribution in [-0.4, -0.2) is 16.6 Å². The first-order valence-electron chi connectivity index (χ1n) is 5.14. The van der Waals surface area contributed by atoms with Gasteiger partial charge in [-0.1, -0.05) is 19.4 Å². The van der Waals surface area contributed by atoms with Gasteiger partial charge in [-0.25, -0.2) is 0 Å². The Morgan fingerprint density at radius 2 is 1.69 bits per heavy atom. The molecular formula is C10H24OSi2. The molecule has 0 amide bonds. The summed E-state index contributed by atoms with van der Waals surface area (Å²) >= 11 is 0. The van der Waals surface area contributed by atoms with Gasteiger partial charge in [0.05, 0.1) is 0 Å². The molecular weight excluding hydrogens is 192 g/mol. The van der Waals surface area contributed by atoms with Crippen molar-refractivity contribution in [2.24, 2.45) is 0 Å². The lowest BCUT2D eigenvalue weighted by Gasteiger charge is -2.33. The van der Waals surface area contributed by atoms with E-state index in [1.54, 1.807) is 0 Å². The first-order valence-corrected chi connectivity index (χ1v) is 11.4. The van der Waals surface area contributed by atoms with E-state index in [4.69, 9.17) is 4.12 Å². The van der Waals surface area contributed by atoms with Crippen LogP contribution in [0.1, 0.15) is 13.3 Å². The van der Waals surface area contributed by atoms with Crippen LogP contribution in [0.4, 0.5) is 0 Å². The van der Waals surface area contributed by atoms with Gasteiger partial charge >= 0.3 is 0 Å². The third-order valence-electron chi connectivity index (χ3n) is 2.04. The molecule has 0 atom stereocenters. The maximum atomic E-state index is 6.31. The molecule has 0 aliphatic carbocycles. The summed E-state index contributed by atoms with van der Waals surface area (Å²) in [4.78, 5) is 0. The van der Waals surface area contributed by atoms with Gasteiger partial charge in [0.1, 0.15) is 0 Å². The summed E-state index contributed by atoms with van der Waals surface area (Å²) < 4.78 is 6.31. The fourth-order valence-corrected chi connectivity index (χ4v) is 10.4. The molecule has 0 rings (SSSR count). The van der Waals surface area contributed by atoms with Crippen molar-refractivity contribution in [2.45, 2.75) is 51.6 Å². The summed E-state index contributed by atoms with van der Waals surface area (Å²) in [5.41, 5.74) is 0. The van der Waals surface area contributed by atoms with Crippen molar-refractivity contribution in [3.63, 3.8) is 0 Å². The van der Waals surface area contributed by atoms with E-state index in [0.717, 1.165) is 6.04 Å². The van der Waals surface area contributed by atoms with Crippen LogP contribution in [0.5, 0.6) is 0 Å². The summed E-state index contributed by atoms with van der Waals surface area (Å²) in [5.74, 6) is 0. The quantitative estimate of drug-likeness (QED) is 0.481. The SMILES string of the molecule is C=CC[Si](C)(C)O[Si](C)(C)CCC. The Labute approximate surface area is 85.5 Å². The van der Waals surface area contributed by atoms with E-state index < -0.39 is 16.6 Å². The number of rotatable bonds is 6. The lowest BCUT2D eigenvalue weighted by molar-refractivity contribution is 0.541. The van der Waals surface area contributed by atoms with E-state index in [2.05, 4.69) is 39.7 Å². The minimum absolute atomic E-state index is 1.08. The van der Waals surface area contributed by atoms with Crippen LogP contribution in [0, 0.1) is 0 Å². The summed E-state index contributed by atoms with van der Waals surface area (Å²) in [6.07, 6.45) is 3.25. The highest BCUT2D eigenvalue weighted by Crippen LogP contribution is 2.22. The topological polar surface area (TPSA) is 9.23 Å². The molecule has 0 aromatic heterocycles. The van der Waals surface area contributed by atoms with E-state index in [-0.39, 0.29) is 0 Å². The van der Waals surface area contributed by atoms with Crippen molar-refractivity contribution >= 4 is 16.6 Å². The second-order valence-electron chi connectivity index (χ2n) is 4.86. The second-order valence-corrected chi connectivity index (χ2v) is 13.6. The highest BCUT2D eigenvalue weighted by Gasteiger charge is 2.30. The Balaban J connectivity index is 4.14. The van der Waals surface area contributed by atoms with E-state index in [9.17, 15) is 0 Å². The minimum atomic E-state index is -1.43. The lowest BCUT2D eigenvalue weighted by Crippen LogP contribution is -2.43. The van der Waals surface area contributed by atoms with Crippen molar-refractivity contribution in [1.29, 1.82) is 0 Å². The minimum Gasteiger partial charge on any atom is -0.455 e.